The number of aromatic nitrogens is 2. The van der Waals surface area contributed by atoms with Crippen LogP contribution in [-0.2, 0) is 4.79 Å². The first-order valence-electron chi connectivity index (χ1n) is 7.26. The number of anilines is 1. The van der Waals surface area contributed by atoms with E-state index < -0.39 is 5.97 Å². The molecule has 3 heterocycles. The van der Waals surface area contributed by atoms with Crippen molar-refractivity contribution in [3.05, 3.63) is 23.3 Å². The first kappa shape index (κ1) is 14.1. The molecule has 1 saturated heterocycles. The molecule has 1 unspecified atom stereocenters. The molecule has 0 radical (unpaired) electrons. The largest absolute Gasteiger partial charge is 0.478 e. The van der Waals surface area contributed by atoms with Gasteiger partial charge in [-0.2, -0.15) is 0 Å². The van der Waals surface area contributed by atoms with E-state index in [9.17, 15) is 4.79 Å². The predicted molar refractivity (Wildman–Crippen MR) is 85.0 cm³/mol. The lowest BCUT2D eigenvalue weighted by Crippen LogP contribution is -2.25. The van der Waals surface area contributed by atoms with Crippen molar-refractivity contribution in [2.45, 2.75) is 26.2 Å². The van der Waals surface area contributed by atoms with Crippen molar-refractivity contribution in [2.24, 2.45) is 5.92 Å². The normalized spacial score (nSPS) is 20.2. The molecule has 2 aromatic heterocycles. The number of aliphatic carboxylic acids is 1. The lowest BCUT2D eigenvalue weighted by molar-refractivity contribution is -0.131. The zero-order valence-electron chi connectivity index (χ0n) is 12.0. The van der Waals surface area contributed by atoms with Gasteiger partial charge in [-0.3, -0.25) is 4.40 Å². The lowest BCUT2D eigenvalue weighted by atomic mass is 10.0. The topological polar surface area (TPSA) is 57.8 Å². The van der Waals surface area contributed by atoms with Crippen molar-refractivity contribution < 1.29 is 9.90 Å². The highest BCUT2D eigenvalue weighted by Crippen LogP contribution is 2.28. The zero-order valence-corrected chi connectivity index (χ0v) is 12.8. The number of thiazole rings is 1. The van der Waals surface area contributed by atoms with Crippen molar-refractivity contribution >= 4 is 34.2 Å². The second-order valence-corrected chi connectivity index (χ2v) is 6.44. The minimum Gasteiger partial charge on any atom is -0.478 e. The van der Waals surface area contributed by atoms with Crippen molar-refractivity contribution in [3.63, 3.8) is 0 Å². The van der Waals surface area contributed by atoms with Crippen LogP contribution in [0.15, 0.2) is 17.7 Å². The number of hydrogen-bond acceptors (Lipinski definition) is 4. The third-order valence-corrected chi connectivity index (χ3v) is 4.74. The molecule has 1 aliphatic heterocycles. The molecule has 1 fully saturated rings. The maximum atomic E-state index is 10.8. The van der Waals surface area contributed by atoms with Crippen LogP contribution in [0.2, 0.25) is 0 Å². The molecule has 6 heteroatoms. The van der Waals surface area contributed by atoms with Crippen LogP contribution >= 0.6 is 11.3 Å². The summed E-state index contributed by atoms with van der Waals surface area (Å²) in [5.74, 6) is 0.723. The van der Waals surface area contributed by atoms with Crippen LogP contribution in [0.5, 0.6) is 0 Å². The van der Waals surface area contributed by atoms with Crippen LogP contribution < -0.4 is 4.90 Å². The number of carboxylic acid groups (broad SMARTS) is 1. The number of carboxylic acids is 1. The Morgan fingerprint density at radius 2 is 2.33 bits per heavy atom. The summed E-state index contributed by atoms with van der Waals surface area (Å²) in [6.07, 6.45) is 8.35. The Balaban J connectivity index is 1.98. The summed E-state index contributed by atoms with van der Waals surface area (Å²) in [5.41, 5.74) is 0.864. The van der Waals surface area contributed by atoms with Crippen molar-refractivity contribution in [1.82, 2.24) is 9.38 Å². The maximum Gasteiger partial charge on any atom is 0.328 e. The molecule has 0 aliphatic carbocycles. The Kier molecular flexibility index (Phi) is 3.96. The van der Waals surface area contributed by atoms with E-state index in [-0.39, 0.29) is 0 Å². The minimum absolute atomic E-state index is 0.747. The summed E-state index contributed by atoms with van der Waals surface area (Å²) in [4.78, 5) is 18.7. The Labute approximate surface area is 127 Å². The summed E-state index contributed by atoms with van der Waals surface area (Å²) >= 11 is 1.57. The number of imidazole rings is 1. The van der Waals surface area contributed by atoms with E-state index in [2.05, 4.69) is 11.8 Å². The van der Waals surface area contributed by atoms with Gasteiger partial charge in [0.15, 0.2) is 10.8 Å². The molecule has 1 N–H and O–H groups in total. The van der Waals surface area contributed by atoms with Gasteiger partial charge >= 0.3 is 5.97 Å². The van der Waals surface area contributed by atoms with E-state index in [1.54, 1.807) is 17.4 Å². The maximum absolute atomic E-state index is 10.8. The third kappa shape index (κ3) is 2.95. The highest BCUT2D eigenvalue weighted by Gasteiger charge is 2.20. The fourth-order valence-electron chi connectivity index (χ4n) is 2.80. The third-order valence-electron chi connectivity index (χ3n) is 3.98. The summed E-state index contributed by atoms with van der Waals surface area (Å²) in [7, 11) is 0. The highest BCUT2D eigenvalue weighted by atomic mass is 32.1. The molecule has 21 heavy (non-hydrogen) atoms. The second-order valence-electron chi connectivity index (χ2n) is 5.57. The molecule has 1 atom stereocenters. The van der Waals surface area contributed by atoms with Crippen LogP contribution in [0.1, 0.15) is 31.9 Å². The minimum atomic E-state index is -0.935. The van der Waals surface area contributed by atoms with Crippen LogP contribution in [0.25, 0.3) is 11.0 Å². The van der Waals surface area contributed by atoms with Gasteiger partial charge in [0.1, 0.15) is 0 Å². The van der Waals surface area contributed by atoms with Crippen LogP contribution in [0.3, 0.4) is 0 Å². The van der Waals surface area contributed by atoms with Crippen LogP contribution in [0, 0.1) is 5.92 Å². The van der Waals surface area contributed by atoms with Gasteiger partial charge in [-0.25, -0.2) is 9.78 Å². The van der Waals surface area contributed by atoms with E-state index in [1.165, 1.54) is 12.5 Å². The van der Waals surface area contributed by atoms with Gasteiger partial charge in [-0.05, 0) is 31.3 Å². The van der Waals surface area contributed by atoms with Crippen molar-refractivity contribution in [2.75, 3.05) is 18.0 Å². The average Bonchev–Trinajstić information content (AvgIpc) is 2.94. The fraction of sp³-hybridized carbons (Fsp3) is 0.467. The first-order chi connectivity index (χ1) is 10.1. The molecular formula is C15H19N3O2S. The summed E-state index contributed by atoms with van der Waals surface area (Å²) in [5, 5.41) is 10.9. The summed E-state index contributed by atoms with van der Waals surface area (Å²) < 4.78 is 1.97. The van der Waals surface area contributed by atoms with Crippen LogP contribution in [0.4, 0.5) is 5.82 Å². The van der Waals surface area contributed by atoms with E-state index in [0.29, 0.717) is 0 Å². The second kappa shape index (κ2) is 5.89. The van der Waals surface area contributed by atoms with E-state index >= 15 is 0 Å². The Hall–Kier alpha value is -1.82. The Bertz CT molecular complexity index is 674. The molecule has 0 spiro atoms. The average molecular weight is 305 g/mol. The number of nitrogens with zero attached hydrogens (tertiary/aromatic N) is 3. The van der Waals surface area contributed by atoms with E-state index in [0.717, 1.165) is 48.3 Å². The fourth-order valence-corrected chi connectivity index (χ4v) is 3.52. The smallest absolute Gasteiger partial charge is 0.328 e. The number of fused-ring (bicyclic) bond motifs is 1. The highest BCUT2D eigenvalue weighted by molar-refractivity contribution is 7.15. The number of rotatable bonds is 3. The molecule has 3 rings (SSSR count). The molecule has 0 amide bonds. The summed E-state index contributed by atoms with van der Waals surface area (Å²) in [6, 6.07) is 0. The van der Waals surface area contributed by atoms with Gasteiger partial charge in [0.25, 0.3) is 0 Å². The number of hydrogen-bond donors (Lipinski definition) is 1. The molecule has 0 saturated carbocycles. The van der Waals surface area contributed by atoms with E-state index in [1.807, 2.05) is 16.0 Å². The molecule has 5 nitrogen and oxygen atoms in total. The van der Waals surface area contributed by atoms with Gasteiger partial charge < -0.3 is 10.0 Å². The quantitative estimate of drug-likeness (QED) is 0.885. The van der Waals surface area contributed by atoms with E-state index in [4.69, 9.17) is 10.1 Å². The Morgan fingerprint density at radius 1 is 1.48 bits per heavy atom. The monoisotopic (exact) mass is 305 g/mol. The SMILES string of the molecule is CC1CCCN(c2nc3sccn3c2C=CC(=O)O)CC1. The standard InChI is InChI=1S/C15H19N3O2S/c1-11-3-2-7-17(8-6-11)14-12(4-5-13(19)20)18-9-10-21-15(18)16-14/h4-5,9-11H,2-3,6-8H2,1H3,(H,19,20). The van der Waals surface area contributed by atoms with Gasteiger partial charge in [0.05, 0.1) is 5.69 Å². The first-order valence-corrected chi connectivity index (χ1v) is 8.14. The van der Waals surface area contributed by atoms with Gasteiger partial charge in [-0.15, -0.1) is 11.3 Å². The molecule has 112 valence electrons. The van der Waals surface area contributed by atoms with Gasteiger partial charge in [-0.1, -0.05) is 6.92 Å². The molecule has 0 aromatic carbocycles. The van der Waals surface area contributed by atoms with Crippen molar-refractivity contribution in [3.8, 4) is 0 Å². The molecule has 1 aliphatic rings. The zero-order chi connectivity index (χ0) is 14.8. The summed E-state index contributed by atoms with van der Waals surface area (Å²) in [6.45, 7) is 4.27. The molecule has 2 aromatic rings. The van der Waals surface area contributed by atoms with Gasteiger partial charge in [0, 0.05) is 30.7 Å². The van der Waals surface area contributed by atoms with Crippen molar-refractivity contribution in [1.29, 1.82) is 0 Å². The predicted octanol–water partition coefficient (Wildman–Crippen LogP) is 3.12. The Morgan fingerprint density at radius 3 is 3.14 bits per heavy atom. The molecular weight excluding hydrogens is 286 g/mol. The van der Waals surface area contributed by atoms with Crippen LogP contribution in [-0.4, -0.2) is 33.6 Å². The lowest BCUT2D eigenvalue weighted by Gasteiger charge is -2.20. The molecule has 0 bridgehead atoms. The number of carbonyl (C=O) groups is 1. The van der Waals surface area contributed by atoms with Gasteiger partial charge in [0.2, 0.25) is 0 Å².